The highest BCUT2D eigenvalue weighted by Crippen LogP contribution is 2.18. The maximum Gasteiger partial charge on any atom is 0.417 e. The molecule has 2 N–H and O–H groups in total. The number of nitrogens with one attached hydrogen (secondary N) is 2. The molecule has 0 spiro atoms. The summed E-state index contributed by atoms with van der Waals surface area (Å²) in [6.07, 6.45) is 0. The van der Waals surface area contributed by atoms with E-state index in [1.807, 2.05) is 12.1 Å². The van der Waals surface area contributed by atoms with Gasteiger partial charge in [-0.3, -0.25) is 4.98 Å². The largest absolute Gasteiger partial charge is 0.417 e. The van der Waals surface area contributed by atoms with Crippen molar-refractivity contribution in [3.05, 3.63) is 64.1 Å². The summed E-state index contributed by atoms with van der Waals surface area (Å²) >= 11 is 0. The van der Waals surface area contributed by atoms with Crippen molar-refractivity contribution in [1.82, 2.24) is 4.98 Å². The van der Waals surface area contributed by atoms with E-state index in [1.54, 1.807) is 6.07 Å². The molecule has 0 aliphatic heterocycles. The van der Waals surface area contributed by atoms with E-state index in [9.17, 15) is 4.79 Å². The summed E-state index contributed by atoms with van der Waals surface area (Å²) in [6.45, 7) is 5.12. The highest BCUT2D eigenvalue weighted by atomic mass is 16.4. The second-order valence-electron chi connectivity index (χ2n) is 5.48. The fourth-order valence-electron chi connectivity index (χ4n) is 2.29. The fraction of sp³-hybridized carbons (Fsp3) is 0.235. The molecule has 0 saturated heterocycles. The minimum absolute atomic E-state index is 0.425. The van der Waals surface area contributed by atoms with Crippen LogP contribution in [-0.4, -0.2) is 4.98 Å². The number of benzene rings is 2. The summed E-state index contributed by atoms with van der Waals surface area (Å²) in [7, 11) is 0. The smallest absolute Gasteiger partial charge is 0.408 e. The summed E-state index contributed by atoms with van der Waals surface area (Å²) < 4.78 is 4.98. The Bertz CT molecular complexity index is 798. The van der Waals surface area contributed by atoms with E-state index in [-0.39, 0.29) is 0 Å². The first kappa shape index (κ1) is 13.5. The number of hydrogen-bond donors (Lipinski definition) is 2. The zero-order valence-electron chi connectivity index (χ0n) is 12.1. The number of oxazole rings is 1. The predicted octanol–water partition coefficient (Wildman–Crippen LogP) is 3.86. The molecule has 0 aliphatic carbocycles. The Morgan fingerprint density at radius 3 is 2.62 bits per heavy atom. The molecular weight excluding hydrogens is 264 g/mol. The van der Waals surface area contributed by atoms with Gasteiger partial charge in [0.2, 0.25) is 0 Å². The minimum atomic E-state index is -0.425. The van der Waals surface area contributed by atoms with Crippen molar-refractivity contribution in [3.63, 3.8) is 0 Å². The Morgan fingerprint density at radius 1 is 1.14 bits per heavy atom. The molecule has 0 bridgehead atoms. The van der Waals surface area contributed by atoms with Crippen LogP contribution in [0.3, 0.4) is 0 Å². The summed E-state index contributed by atoms with van der Waals surface area (Å²) in [5, 5.41) is 3.35. The lowest BCUT2D eigenvalue weighted by Crippen LogP contribution is -1.99. The first-order valence-corrected chi connectivity index (χ1v) is 7.07. The zero-order valence-corrected chi connectivity index (χ0v) is 12.1. The number of anilines is 1. The van der Waals surface area contributed by atoms with Gasteiger partial charge in [0.25, 0.3) is 0 Å². The van der Waals surface area contributed by atoms with Crippen LogP contribution in [0.2, 0.25) is 0 Å². The Kier molecular flexibility index (Phi) is 3.52. The number of fused-ring (bicyclic) bond motifs is 1. The predicted molar refractivity (Wildman–Crippen MR) is 84.7 cm³/mol. The summed E-state index contributed by atoms with van der Waals surface area (Å²) in [6, 6.07) is 14.2. The molecule has 1 aromatic heterocycles. The van der Waals surface area contributed by atoms with Crippen LogP contribution in [-0.2, 0) is 6.54 Å². The normalized spacial score (nSPS) is 11.2. The van der Waals surface area contributed by atoms with Crippen molar-refractivity contribution in [2.45, 2.75) is 26.3 Å². The van der Waals surface area contributed by atoms with Gasteiger partial charge in [0.15, 0.2) is 5.58 Å². The van der Waals surface area contributed by atoms with Crippen LogP contribution in [0.1, 0.15) is 30.9 Å². The molecule has 0 aliphatic rings. The molecule has 0 unspecified atom stereocenters. The van der Waals surface area contributed by atoms with Gasteiger partial charge in [-0.25, -0.2) is 4.79 Å². The van der Waals surface area contributed by atoms with E-state index in [0.29, 0.717) is 17.0 Å². The lowest BCUT2D eigenvalue weighted by atomic mass is 10.0. The van der Waals surface area contributed by atoms with Gasteiger partial charge in [0.1, 0.15) is 0 Å². The standard InChI is InChI=1S/C17H18N2O2/c1-11(2)13-5-3-12(4-6-13)10-18-14-7-8-16-15(9-14)19-17(20)21-16/h3-9,11,18H,10H2,1-2H3,(H,19,20). The highest BCUT2D eigenvalue weighted by molar-refractivity contribution is 5.76. The topological polar surface area (TPSA) is 58.0 Å². The number of rotatable bonds is 4. The van der Waals surface area contributed by atoms with E-state index in [0.717, 1.165) is 12.2 Å². The van der Waals surface area contributed by atoms with Crippen LogP contribution in [0.4, 0.5) is 5.69 Å². The summed E-state index contributed by atoms with van der Waals surface area (Å²) in [5.41, 5.74) is 4.80. The van der Waals surface area contributed by atoms with Gasteiger partial charge in [-0.2, -0.15) is 0 Å². The molecule has 0 fully saturated rings. The van der Waals surface area contributed by atoms with Gasteiger partial charge >= 0.3 is 5.76 Å². The van der Waals surface area contributed by atoms with E-state index in [1.165, 1.54) is 11.1 Å². The van der Waals surface area contributed by atoms with Crippen LogP contribution >= 0.6 is 0 Å². The van der Waals surface area contributed by atoms with Crippen LogP contribution < -0.4 is 11.1 Å². The Labute approximate surface area is 122 Å². The Hall–Kier alpha value is -2.49. The molecule has 2 aromatic carbocycles. The third-order valence-corrected chi connectivity index (χ3v) is 3.56. The van der Waals surface area contributed by atoms with Gasteiger partial charge < -0.3 is 9.73 Å². The van der Waals surface area contributed by atoms with E-state index < -0.39 is 5.76 Å². The van der Waals surface area contributed by atoms with Gasteiger partial charge in [0.05, 0.1) is 5.52 Å². The average Bonchev–Trinajstić information content (AvgIpc) is 2.84. The lowest BCUT2D eigenvalue weighted by Gasteiger charge is -2.09. The fourth-order valence-corrected chi connectivity index (χ4v) is 2.29. The monoisotopic (exact) mass is 282 g/mol. The van der Waals surface area contributed by atoms with E-state index in [2.05, 4.69) is 48.4 Å². The molecule has 4 heteroatoms. The van der Waals surface area contributed by atoms with Crippen molar-refractivity contribution in [2.75, 3.05) is 5.32 Å². The van der Waals surface area contributed by atoms with Crippen LogP contribution in [0.5, 0.6) is 0 Å². The van der Waals surface area contributed by atoms with Gasteiger partial charge in [-0.1, -0.05) is 38.1 Å². The van der Waals surface area contributed by atoms with Crippen LogP contribution in [0, 0.1) is 0 Å². The molecule has 0 amide bonds. The van der Waals surface area contributed by atoms with Gasteiger partial charge in [0, 0.05) is 12.2 Å². The quantitative estimate of drug-likeness (QED) is 0.764. The maximum atomic E-state index is 11.1. The van der Waals surface area contributed by atoms with Crippen LogP contribution in [0.25, 0.3) is 11.1 Å². The minimum Gasteiger partial charge on any atom is -0.408 e. The number of aromatic amines is 1. The lowest BCUT2D eigenvalue weighted by molar-refractivity contribution is 0.555. The molecule has 3 rings (SSSR count). The highest BCUT2D eigenvalue weighted by Gasteiger charge is 2.02. The molecule has 108 valence electrons. The van der Waals surface area contributed by atoms with Crippen molar-refractivity contribution in [3.8, 4) is 0 Å². The molecule has 1 heterocycles. The number of aromatic nitrogens is 1. The Morgan fingerprint density at radius 2 is 1.90 bits per heavy atom. The van der Waals surface area contributed by atoms with Crippen molar-refractivity contribution in [2.24, 2.45) is 0 Å². The van der Waals surface area contributed by atoms with E-state index >= 15 is 0 Å². The molecule has 0 saturated carbocycles. The van der Waals surface area contributed by atoms with Crippen molar-refractivity contribution in [1.29, 1.82) is 0 Å². The maximum absolute atomic E-state index is 11.1. The molecule has 21 heavy (non-hydrogen) atoms. The first-order valence-electron chi connectivity index (χ1n) is 7.07. The summed E-state index contributed by atoms with van der Waals surface area (Å²) in [5.74, 6) is 0.124. The third kappa shape index (κ3) is 2.99. The molecule has 4 nitrogen and oxygen atoms in total. The Balaban J connectivity index is 1.72. The first-order chi connectivity index (χ1) is 10.1. The second-order valence-corrected chi connectivity index (χ2v) is 5.48. The van der Waals surface area contributed by atoms with E-state index in [4.69, 9.17) is 4.42 Å². The second kappa shape index (κ2) is 5.48. The molecule has 3 aromatic rings. The molecular formula is C17H18N2O2. The van der Waals surface area contributed by atoms with Crippen LogP contribution in [0.15, 0.2) is 51.7 Å². The summed E-state index contributed by atoms with van der Waals surface area (Å²) in [4.78, 5) is 13.8. The SMILES string of the molecule is CC(C)c1ccc(CNc2ccc3oc(=O)[nH]c3c2)cc1. The number of H-pyrrole nitrogens is 1. The molecule has 0 radical (unpaired) electrons. The van der Waals surface area contributed by atoms with Crippen molar-refractivity contribution < 1.29 is 4.42 Å². The van der Waals surface area contributed by atoms with Gasteiger partial charge in [-0.05, 0) is 35.2 Å². The van der Waals surface area contributed by atoms with Gasteiger partial charge in [-0.15, -0.1) is 0 Å². The van der Waals surface area contributed by atoms with Crippen molar-refractivity contribution >= 4 is 16.8 Å². The third-order valence-electron chi connectivity index (χ3n) is 3.56. The number of hydrogen-bond acceptors (Lipinski definition) is 3. The average molecular weight is 282 g/mol. The molecule has 0 atom stereocenters. The zero-order chi connectivity index (χ0) is 14.8.